The highest BCUT2D eigenvalue weighted by molar-refractivity contribution is 6.01. The zero-order valence-corrected chi connectivity index (χ0v) is 9.18. The first-order valence-electron chi connectivity index (χ1n) is 5.54. The maximum atomic E-state index is 11.4. The third-order valence-corrected chi connectivity index (χ3v) is 3.11. The van der Waals surface area contributed by atoms with E-state index < -0.39 is 0 Å². The van der Waals surface area contributed by atoms with E-state index in [0.29, 0.717) is 13.2 Å². The van der Waals surface area contributed by atoms with Gasteiger partial charge < -0.3 is 9.64 Å². The molecule has 2 heterocycles. The summed E-state index contributed by atoms with van der Waals surface area (Å²) in [4.78, 5) is 24.0. The molecule has 17 heavy (non-hydrogen) atoms. The van der Waals surface area contributed by atoms with Crippen molar-refractivity contribution in [1.82, 2.24) is 10.2 Å². The van der Waals surface area contributed by atoms with E-state index in [-0.39, 0.29) is 24.4 Å². The number of amides is 3. The van der Waals surface area contributed by atoms with E-state index in [9.17, 15) is 9.59 Å². The van der Waals surface area contributed by atoms with Gasteiger partial charge in [-0.1, -0.05) is 18.2 Å². The summed E-state index contributed by atoms with van der Waals surface area (Å²) in [5, 5.41) is 2.27. The van der Waals surface area contributed by atoms with Crippen LogP contribution in [0.3, 0.4) is 0 Å². The molecule has 0 aromatic heterocycles. The topological polar surface area (TPSA) is 58.6 Å². The van der Waals surface area contributed by atoms with Gasteiger partial charge >= 0.3 is 6.03 Å². The fraction of sp³-hybridized carbons (Fsp3) is 0.333. The number of hydrogen-bond donors (Lipinski definition) is 1. The molecule has 1 aromatic rings. The second-order valence-corrected chi connectivity index (χ2v) is 4.28. The zero-order chi connectivity index (χ0) is 11.8. The Morgan fingerprint density at radius 3 is 2.94 bits per heavy atom. The summed E-state index contributed by atoms with van der Waals surface area (Å²) in [5.41, 5.74) is 1.11. The molecule has 5 nitrogen and oxygen atoms in total. The number of rotatable bonds is 2. The van der Waals surface area contributed by atoms with E-state index in [2.05, 4.69) is 5.32 Å². The normalized spacial score (nSPS) is 22.4. The Bertz CT molecular complexity index is 486. The molecule has 3 amide bonds. The summed E-state index contributed by atoms with van der Waals surface area (Å²) in [6.07, 6.45) is 0. The first-order valence-corrected chi connectivity index (χ1v) is 5.54. The van der Waals surface area contributed by atoms with E-state index >= 15 is 0 Å². The minimum atomic E-state index is -0.306. The van der Waals surface area contributed by atoms with Crippen LogP contribution < -0.4 is 10.1 Å². The van der Waals surface area contributed by atoms with Crippen LogP contribution in [0.15, 0.2) is 24.3 Å². The molecule has 88 valence electrons. The molecule has 1 atom stereocenters. The van der Waals surface area contributed by atoms with Crippen molar-refractivity contribution in [2.75, 3.05) is 19.7 Å². The lowest BCUT2D eigenvalue weighted by Gasteiger charge is -2.17. The molecule has 1 aromatic carbocycles. The molecule has 5 heteroatoms. The number of imide groups is 1. The third kappa shape index (κ3) is 1.73. The molecule has 1 unspecified atom stereocenters. The van der Waals surface area contributed by atoms with Crippen molar-refractivity contribution < 1.29 is 14.3 Å². The van der Waals surface area contributed by atoms with Crippen molar-refractivity contribution in [3.8, 4) is 5.75 Å². The first-order chi connectivity index (χ1) is 8.24. The van der Waals surface area contributed by atoms with Gasteiger partial charge in [-0.05, 0) is 6.07 Å². The van der Waals surface area contributed by atoms with E-state index in [1.54, 1.807) is 0 Å². The Morgan fingerprint density at radius 1 is 1.35 bits per heavy atom. The van der Waals surface area contributed by atoms with Gasteiger partial charge in [0.25, 0.3) is 0 Å². The van der Waals surface area contributed by atoms with Crippen LogP contribution in [0, 0.1) is 0 Å². The number of nitrogens with zero attached hydrogens (tertiary/aromatic N) is 1. The predicted molar refractivity (Wildman–Crippen MR) is 59.8 cm³/mol. The van der Waals surface area contributed by atoms with Gasteiger partial charge in [-0.3, -0.25) is 10.1 Å². The molecule has 0 radical (unpaired) electrons. The number of fused-ring (bicyclic) bond motifs is 1. The van der Waals surface area contributed by atoms with Crippen molar-refractivity contribution in [1.29, 1.82) is 0 Å². The van der Waals surface area contributed by atoms with Gasteiger partial charge in [0.15, 0.2) is 0 Å². The highest BCUT2D eigenvalue weighted by Gasteiger charge is 2.32. The van der Waals surface area contributed by atoms with Crippen LogP contribution in [-0.4, -0.2) is 36.5 Å². The van der Waals surface area contributed by atoms with Gasteiger partial charge in [0, 0.05) is 18.0 Å². The second-order valence-electron chi connectivity index (χ2n) is 4.28. The van der Waals surface area contributed by atoms with Crippen LogP contribution in [0.5, 0.6) is 5.75 Å². The maximum absolute atomic E-state index is 11.4. The zero-order valence-electron chi connectivity index (χ0n) is 9.18. The van der Waals surface area contributed by atoms with Crippen LogP contribution >= 0.6 is 0 Å². The smallest absolute Gasteiger partial charge is 0.324 e. The number of nitrogens with one attached hydrogen (secondary N) is 1. The molecule has 1 saturated heterocycles. The summed E-state index contributed by atoms with van der Waals surface area (Å²) in [6.45, 7) is 1.24. The largest absolute Gasteiger partial charge is 0.493 e. The lowest BCUT2D eigenvalue weighted by Crippen LogP contribution is -2.32. The van der Waals surface area contributed by atoms with Gasteiger partial charge in [-0.25, -0.2) is 4.79 Å². The lowest BCUT2D eigenvalue weighted by atomic mass is 10.0. The average Bonchev–Trinajstić information content (AvgIpc) is 2.85. The summed E-state index contributed by atoms with van der Waals surface area (Å²) < 4.78 is 5.54. The van der Waals surface area contributed by atoms with Crippen LogP contribution in [0.25, 0.3) is 0 Å². The quantitative estimate of drug-likeness (QED) is 0.764. The summed E-state index contributed by atoms with van der Waals surface area (Å²) >= 11 is 0. The Balaban J connectivity index is 1.76. The highest BCUT2D eigenvalue weighted by atomic mass is 16.5. The summed E-state index contributed by atoms with van der Waals surface area (Å²) in [7, 11) is 0. The number of hydrogen-bond acceptors (Lipinski definition) is 3. The molecule has 0 aliphatic carbocycles. The maximum Gasteiger partial charge on any atom is 0.324 e. The van der Waals surface area contributed by atoms with Crippen molar-refractivity contribution in [3.63, 3.8) is 0 Å². The minimum Gasteiger partial charge on any atom is -0.493 e. The summed E-state index contributed by atoms with van der Waals surface area (Å²) in [5.74, 6) is 0.800. The van der Waals surface area contributed by atoms with Crippen molar-refractivity contribution in [3.05, 3.63) is 29.8 Å². The highest BCUT2D eigenvalue weighted by Crippen LogP contribution is 2.33. The van der Waals surface area contributed by atoms with Gasteiger partial charge in [-0.15, -0.1) is 0 Å². The lowest BCUT2D eigenvalue weighted by molar-refractivity contribution is -0.118. The van der Waals surface area contributed by atoms with Gasteiger partial charge in [0.1, 0.15) is 12.3 Å². The average molecular weight is 232 g/mol. The second kappa shape index (κ2) is 3.76. The third-order valence-electron chi connectivity index (χ3n) is 3.11. The number of urea groups is 1. The molecule has 2 aliphatic rings. The van der Waals surface area contributed by atoms with Gasteiger partial charge in [-0.2, -0.15) is 0 Å². The molecule has 1 N–H and O–H groups in total. The molecule has 3 rings (SSSR count). The van der Waals surface area contributed by atoms with Crippen molar-refractivity contribution >= 4 is 11.9 Å². The number of benzene rings is 1. The Morgan fingerprint density at radius 2 is 2.18 bits per heavy atom. The Labute approximate surface area is 98.4 Å². The Kier molecular flexibility index (Phi) is 2.24. The standard InChI is InChI=1S/C12H12N2O3/c15-11-6-14(12(16)13-11)5-8-7-17-10-4-2-1-3-9(8)10/h1-4,8H,5-7H2,(H,13,15,16). The van der Waals surface area contributed by atoms with E-state index in [1.165, 1.54) is 4.90 Å². The SMILES string of the molecule is O=C1CN(CC2COc3ccccc32)C(=O)N1. The number of carbonyl (C=O) groups is 2. The summed E-state index contributed by atoms with van der Waals surface area (Å²) in [6, 6.07) is 7.50. The molecule has 2 aliphatic heterocycles. The number of ether oxygens (including phenoxy) is 1. The Hall–Kier alpha value is -2.04. The van der Waals surface area contributed by atoms with Crippen LogP contribution in [0.2, 0.25) is 0 Å². The van der Waals surface area contributed by atoms with E-state index in [0.717, 1.165) is 11.3 Å². The fourth-order valence-corrected chi connectivity index (χ4v) is 2.28. The molecular weight excluding hydrogens is 220 g/mol. The molecule has 0 spiro atoms. The van der Waals surface area contributed by atoms with Crippen LogP contribution in [0.1, 0.15) is 11.5 Å². The first kappa shape index (κ1) is 10.1. The monoisotopic (exact) mass is 232 g/mol. The van der Waals surface area contributed by atoms with Gasteiger partial charge in [0.05, 0.1) is 6.61 Å². The van der Waals surface area contributed by atoms with Crippen LogP contribution in [-0.2, 0) is 4.79 Å². The number of carbonyl (C=O) groups excluding carboxylic acids is 2. The molecule has 0 saturated carbocycles. The van der Waals surface area contributed by atoms with E-state index in [1.807, 2.05) is 24.3 Å². The fourth-order valence-electron chi connectivity index (χ4n) is 2.28. The molecule has 0 bridgehead atoms. The predicted octanol–water partition coefficient (Wildman–Crippen LogP) is 0.714. The van der Waals surface area contributed by atoms with E-state index in [4.69, 9.17) is 4.74 Å². The van der Waals surface area contributed by atoms with Crippen molar-refractivity contribution in [2.45, 2.75) is 5.92 Å². The molecular formula is C12H12N2O3. The van der Waals surface area contributed by atoms with Gasteiger partial charge in [0.2, 0.25) is 5.91 Å². The van der Waals surface area contributed by atoms with Crippen LogP contribution in [0.4, 0.5) is 4.79 Å². The minimum absolute atomic E-state index is 0.150. The number of para-hydroxylation sites is 1. The molecule has 1 fully saturated rings. The van der Waals surface area contributed by atoms with Crippen molar-refractivity contribution in [2.24, 2.45) is 0 Å².